The van der Waals surface area contributed by atoms with Crippen molar-refractivity contribution in [1.29, 1.82) is 0 Å². The minimum Gasteiger partial charge on any atom is -0.489 e. The van der Waals surface area contributed by atoms with Gasteiger partial charge in [-0.2, -0.15) is 0 Å². The maximum Gasteiger partial charge on any atom is 0.374 e. The number of nitrogens with zero attached hydrogens (tertiary/aromatic N) is 2. The maximum absolute atomic E-state index is 11.6. The molecule has 0 radical (unpaired) electrons. The summed E-state index contributed by atoms with van der Waals surface area (Å²) >= 11 is 5.86. The van der Waals surface area contributed by atoms with Gasteiger partial charge in [-0.3, -0.25) is 0 Å². The molecule has 0 fully saturated rings. The first kappa shape index (κ1) is 18.4. The first-order valence-corrected chi connectivity index (χ1v) is 7.73. The van der Waals surface area contributed by atoms with Crippen LogP contribution in [0.2, 0.25) is 5.02 Å². The summed E-state index contributed by atoms with van der Waals surface area (Å²) in [4.78, 5) is 17.7. The molecule has 0 aliphatic rings. The molecule has 25 heavy (non-hydrogen) atoms. The van der Waals surface area contributed by atoms with Crippen molar-refractivity contribution < 1.29 is 14.3 Å². The Morgan fingerprint density at radius 2 is 1.84 bits per heavy atom. The van der Waals surface area contributed by atoms with E-state index in [-0.39, 0.29) is 5.76 Å². The lowest BCUT2D eigenvalue weighted by Gasteiger charge is -2.14. The summed E-state index contributed by atoms with van der Waals surface area (Å²) < 4.78 is 9.67. The summed E-state index contributed by atoms with van der Waals surface area (Å²) in [7, 11) is 4.44. The Morgan fingerprint density at radius 3 is 2.48 bits per heavy atom. The predicted molar refractivity (Wildman–Crippen MR) is 97.2 cm³/mol. The van der Waals surface area contributed by atoms with Crippen LogP contribution in [0.15, 0.2) is 54.4 Å². The third kappa shape index (κ3) is 5.27. The van der Waals surface area contributed by atoms with Crippen LogP contribution < -0.4 is 4.90 Å². The summed E-state index contributed by atoms with van der Waals surface area (Å²) in [6.07, 6.45) is 1.50. The highest BCUT2D eigenvalue weighted by Gasteiger charge is 2.11. The third-order valence-corrected chi connectivity index (χ3v) is 3.44. The number of pyridine rings is 1. The molecule has 6 heteroatoms. The molecule has 0 saturated heterocycles. The van der Waals surface area contributed by atoms with Gasteiger partial charge in [0.2, 0.25) is 5.76 Å². The Bertz CT molecular complexity index is 836. The van der Waals surface area contributed by atoms with E-state index in [1.807, 2.05) is 24.3 Å². The molecule has 0 unspecified atom stereocenters. The van der Waals surface area contributed by atoms with E-state index < -0.39 is 5.97 Å². The highest BCUT2D eigenvalue weighted by atomic mass is 35.5. The highest BCUT2D eigenvalue weighted by Crippen LogP contribution is 2.13. The van der Waals surface area contributed by atoms with E-state index in [1.54, 1.807) is 30.1 Å². The fourth-order valence-corrected chi connectivity index (χ4v) is 2.02. The van der Waals surface area contributed by atoms with Gasteiger partial charge >= 0.3 is 5.97 Å². The van der Waals surface area contributed by atoms with Crippen LogP contribution in [0.25, 0.3) is 0 Å². The van der Waals surface area contributed by atoms with Crippen LogP contribution in [0, 0.1) is 11.8 Å². The van der Waals surface area contributed by atoms with Crippen molar-refractivity contribution in [2.24, 2.45) is 0 Å². The molecule has 1 heterocycles. The van der Waals surface area contributed by atoms with E-state index in [1.165, 1.54) is 20.4 Å². The molecule has 0 saturated carbocycles. The van der Waals surface area contributed by atoms with Gasteiger partial charge in [0.1, 0.15) is 11.5 Å². The minimum atomic E-state index is -0.562. The van der Waals surface area contributed by atoms with Crippen LogP contribution in [0.4, 0.5) is 5.82 Å². The summed E-state index contributed by atoms with van der Waals surface area (Å²) in [5, 5.41) is 0.665. The third-order valence-electron chi connectivity index (χ3n) is 3.19. The van der Waals surface area contributed by atoms with E-state index in [0.29, 0.717) is 16.5 Å². The molecule has 0 bridgehead atoms. The van der Waals surface area contributed by atoms with Crippen molar-refractivity contribution in [2.45, 2.75) is 0 Å². The zero-order valence-electron chi connectivity index (χ0n) is 14.1. The van der Waals surface area contributed by atoms with Gasteiger partial charge < -0.3 is 14.4 Å². The first-order chi connectivity index (χ1) is 12.0. The summed E-state index contributed by atoms with van der Waals surface area (Å²) in [5.41, 5.74) is 1.45. The molecule has 0 N–H and O–H groups in total. The topological polar surface area (TPSA) is 51.7 Å². The Hall–Kier alpha value is -2.97. The molecule has 2 rings (SSSR count). The van der Waals surface area contributed by atoms with Gasteiger partial charge in [0, 0.05) is 17.6 Å². The Balaban J connectivity index is 2.22. The number of halogens is 1. The number of aromatic nitrogens is 1. The normalized spacial score (nSPS) is 10.5. The molecule has 0 amide bonds. The van der Waals surface area contributed by atoms with Gasteiger partial charge in [-0.05, 0) is 42.3 Å². The average Bonchev–Trinajstić information content (AvgIpc) is 2.65. The number of rotatable bonds is 4. The van der Waals surface area contributed by atoms with Gasteiger partial charge in [-0.1, -0.05) is 23.6 Å². The van der Waals surface area contributed by atoms with E-state index >= 15 is 0 Å². The number of esters is 1. The van der Waals surface area contributed by atoms with Crippen molar-refractivity contribution >= 4 is 23.4 Å². The van der Waals surface area contributed by atoms with Crippen molar-refractivity contribution in [3.63, 3.8) is 0 Å². The highest BCUT2D eigenvalue weighted by molar-refractivity contribution is 6.30. The Morgan fingerprint density at radius 1 is 1.12 bits per heavy atom. The monoisotopic (exact) mass is 356 g/mol. The quantitative estimate of drug-likeness (QED) is 0.364. The van der Waals surface area contributed by atoms with Crippen LogP contribution in [-0.2, 0) is 14.3 Å². The largest absolute Gasteiger partial charge is 0.489 e. The second-order valence-corrected chi connectivity index (χ2v) is 5.37. The number of benzene rings is 1. The van der Waals surface area contributed by atoms with Crippen molar-refractivity contribution in [2.75, 3.05) is 26.2 Å². The summed E-state index contributed by atoms with van der Waals surface area (Å²) in [6.45, 7) is 0. The van der Waals surface area contributed by atoms with Crippen molar-refractivity contribution in [1.82, 2.24) is 4.98 Å². The average molecular weight is 357 g/mol. The van der Waals surface area contributed by atoms with Crippen LogP contribution >= 0.6 is 11.6 Å². The first-order valence-electron chi connectivity index (χ1n) is 7.35. The minimum absolute atomic E-state index is 0.0736. The standard InChI is InChI=1S/C19H17ClN2O3/c1-22(13-17(24-2)19(23)25-3)18-6-4-5-16(21-18)12-9-14-7-10-15(20)11-8-14/h4-8,10-11,13H,1-3H3. The second-order valence-electron chi connectivity index (χ2n) is 4.94. The van der Waals surface area contributed by atoms with Gasteiger partial charge in [0.05, 0.1) is 20.4 Å². The van der Waals surface area contributed by atoms with Crippen LogP contribution in [0.5, 0.6) is 0 Å². The smallest absolute Gasteiger partial charge is 0.374 e. The maximum atomic E-state index is 11.6. The van der Waals surface area contributed by atoms with Gasteiger partial charge in [-0.15, -0.1) is 0 Å². The van der Waals surface area contributed by atoms with E-state index in [4.69, 9.17) is 16.3 Å². The number of ether oxygens (including phenoxy) is 2. The molecular formula is C19H17ClN2O3. The van der Waals surface area contributed by atoms with Gasteiger partial charge in [0.15, 0.2) is 0 Å². The Kier molecular flexibility index (Phi) is 6.44. The number of hydrogen-bond acceptors (Lipinski definition) is 5. The number of hydrogen-bond donors (Lipinski definition) is 0. The number of anilines is 1. The van der Waals surface area contributed by atoms with E-state index in [2.05, 4.69) is 21.6 Å². The lowest BCUT2D eigenvalue weighted by Crippen LogP contribution is -2.16. The van der Waals surface area contributed by atoms with Gasteiger partial charge in [-0.25, -0.2) is 9.78 Å². The molecule has 0 aliphatic heterocycles. The zero-order chi connectivity index (χ0) is 18.2. The van der Waals surface area contributed by atoms with Crippen molar-refractivity contribution in [3.05, 3.63) is 70.7 Å². The molecule has 0 spiro atoms. The molecule has 0 atom stereocenters. The zero-order valence-corrected chi connectivity index (χ0v) is 14.9. The molecule has 2 aromatic rings. The van der Waals surface area contributed by atoms with E-state index in [0.717, 1.165) is 5.56 Å². The summed E-state index contributed by atoms with van der Waals surface area (Å²) in [6, 6.07) is 12.7. The lowest BCUT2D eigenvalue weighted by atomic mass is 10.2. The molecule has 128 valence electrons. The number of carbonyl (C=O) groups is 1. The van der Waals surface area contributed by atoms with Crippen LogP contribution in [-0.4, -0.2) is 32.2 Å². The second kappa shape index (κ2) is 8.76. The fraction of sp³-hybridized carbons (Fsp3) is 0.158. The van der Waals surface area contributed by atoms with E-state index in [9.17, 15) is 4.79 Å². The number of methoxy groups -OCH3 is 2. The summed E-state index contributed by atoms with van der Waals surface area (Å²) in [5.74, 6) is 6.16. The molecular weight excluding hydrogens is 340 g/mol. The molecule has 0 aliphatic carbocycles. The fourth-order valence-electron chi connectivity index (χ4n) is 1.89. The SMILES string of the molecule is COC(=O)C(=CN(C)c1cccc(C#Cc2ccc(Cl)cc2)n1)OC. The molecule has 1 aromatic carbocycles. The van der Waals surface area contributed by atoms with Crippen LogP contribution in [0.3, 0.4) is 0 Å². The predicted octanol–water partition coefficient (Wildman–Crippen LogP) is 3.23. The number of carbonyl (C=O) groups excluding carboxylic acids is 1. The molecule has 1 aromatic heterocycles. The Labute approximate surface area is 151 Å². The molecule has 5 nitrogen and oxygen atoms in total. The van der Waals surface area contributed by atoms with Crippen molar-refractivity contribution in [3.8, 4) is 11.8 Å². The van der Waals surface area contributed by atoms with Gasteiger partial charge in [0.25, 0.3) is 0 Å². The lowest BCUT2D eigenvalue weighted by molar-refractivity contribution is -0.139. The van der Waals surface area contributed by atoms with Crippen LogP contribution in [0.1, 0.15) is 11.3 Å².